The second-order valence-electron chi connectivity index (χ2n) is 9.36. The van der Waals surface area contributed by atoms with Crippen LogP contribution in [0, 0.1) is 0 Å². The van der Waals surface area contributed by atoms with Crippen LogP contribution in [0.25, 0.3) is 10.2 Å². The molecule has 0 atom stereocenters. The summed E-state index contributed by atoms with van der Waals surface area (Å²) in [6, 6.07) is 26.0. The summed E-state index contributed by atoms with van der Waals surface area (Å²) in [7, 11) is 0. The van der Waals surface area contributed by atoms with Gasteiger partial charge in [-0.2, -0.15) is 0 Å². The van der Waals surface area contributed by atoms with Crippen molar-refractivity contribution in [2.45, 2.75) is 40.8 Å². The fraction of sp³-hybridized carbons (Fsp3) is 0.167. The van der Waals surface area contributed by atoms with Gasteiger partial charge in [-0.05, 0) is 54.7 Å². The Morgan fingerprint density at radius 1 is 0.895 bits per heavy atom. The zero-order chi connectivity index (χ0) is 25.6. The number of amides is 1. The van der Waals surface area contributed by atoms with Crippen LogP contribution in [-0.2, 0) is 24.2 Å². The average molecular weight is 554 g/mol. The van der Waals surface area contributed by atoms with Crippen molar-refractivity contribution in [3.8, 4) is 0 Å². The molecule has 1 aliphatic carbocycles. The molecular formula is C30H23N3O2S3. The van der Waals surface area contributed by atoms with Gasteiger partial charge in [-0.15, -0.1) is 11.3 Å². The van der Waals surface area contributed by atoms with E-state index >= 15 is 0 Å². The van der Waals surface area contributed by atoms with Gasteiger partial charge in [0.05, 0.1) is 29.1 Å². The summed E-state index contributed by atoms with van der Waals surface area (Å²) in [6.07, 6.45) is 3.05. The Kier molecular flexibility index (Phi) is 6.11. The van der Waals surface area contributed by atoms with Crippen molar-refractivity contribution < 1.29 is 4.79 Å². The number of nitrogens with zero attached hydrogens (tertiary/aromatic N) is 3. The third-order valence-electron chi connectivity index (χ3n) is 6.98. The molecule has 1 amide bonds. The molecular weight excluding hydrogens is 531 g/mol. The van der Waals surface area contributed by atoms with Crippen LogP contribution in [0.15, 0.2) is 98.6 Å². The largest absolute Gasteiger partial charge is 0.283 e. The van der Waals surface area contributed by atoms with Gasteiger partial charge in [0.15, 0.2) is 5.16 Å². The summed E-state index contributed by atoms with van der Waals surface area (Å²) in [6.45, 7) is 0.426. The Morgan fingerprint density at radius 2 is 1.58 bits per heavy atom. The fourth-order valence-corrected chi connectivity index (χ4v) is 8.45. The quantitative estimate of drug-likeness (QED) is 0.175. The number of rotatable bonds is 5. The highest BCUT2D eigenvalue weighted by molar-refractivity contribution is 8.00. The van der Waals surface area contributed by atoms with Gasteiger partial charge in [-0.25, -0.2) is 4.98 Å². The molecule has 0 fully saturated rings. The second kappa shape index (κ2) is 9.76. The van der Waals surface area contributed by atoms with Crippen LogP contribution >= 0.6 is 34.9 Å². The highest BCUT2D eigenvalue weighted by Gasteiger charge is 2.29. The molecule has 8 heteroatoms. The van der Waals surface area contributed by atoms with E-state index in [9.17, 15) is 9.59 Å². The van der Waals surface area contributed by atoms with Crippen LogP contribution in [0.5, 0.6) is 0 Å². The van der Waals surface area contributed by atoms with Crippen LogP contribution in [0.4, 0.5) is 11.4 Å². The third kappa shape index (κ3) is 4.08. The van der Waals surface area contributed by atoms with Crippen molar-refractivity contribution in [1.29, 1.82) is 0 Å². The van der Waals surface area contributed by atoms with E-state index in [1.807, 2.05) is 83.8 Å². The number of hydrogen-bond donors (Lipinski definition) is 0. The average Bonchev–Trinajstić information content (AvgIpc) is 3.54. The first-order valence-electron chi connectivity index (χ1n) is 12.6. The van der Waals surface area contributed by atoms with E-state index in [0.29, 0.717) is 11.7 Å². The normalized spacial score (nSPS) is 13.8. The number of benzene rings is 3. The van der Waals surface area contributed by atoms with E-state index in [0.717, 1.165) is 56.2 Å². The van der Waals surface area contributed by atoms with E-state index in [4.69, 9.17) is 4.98 Å². The summed E-state index contributed by atoms with van der Waals surface area (Å²) >= 11 is 4.66. The Morgan fingerprint density at radius 3 is 2.32 bits per heavy atom. The number of thiophene rings is 1. The molecule has 38 heavy (non-hydrogen) atoms. The van der Waals surface area contributed by atoms with Crippen molar-refractivity contribution in [1.82, 2.24) is 9.55 Å². The maximum atomic E-state index is 13.9. The molecule has 3 aromatic carbocycles. The van der Waals surface area contributed by atoms with Gasteiger partial charge in [-0.1, -0.05) is 78.1 Å². The lowest BCUT2D eigenvalue weighted by molar-refractivity contribution is -0.115. The standard InChI is InChI=1S/C30H23N3O2S3/c34-26(33-21-12-4-6-14-24(21)37-25-15-7-5-13-22(25)33)18-36-30-31-28-27(20-11-8-16-23(20)38-28)29(35)32(30)17-19-9-2-1-3-10-19/h1-7,9-10,12-15H,8,11,16-18H2. The van der Waals surface area contributed by atoms with E-state index in [-0.39, 0.29) is 17.2 Å². The van der Waals surface area contributed by atoms with E-state index in [1.54, 1.807) is 27.7 Å². The lowest BCUT2D eigenvalue weighted by Gasteiger charge is -2.31. The van der Waals surface area contributed by atoms with Crippen molar-refractivity contribution in [3.05, 3.63) is 105 Å². The Labute approximate surface area is 232 Å². The molecule has 0 N–H and O–H groups in total. The maximum absolute atomic E-state index is 13.9. The van der Waals surface area contributed by atoms with Crippen LogP contribution in [0.3, 0.4) is 0 Å². The number of thioether (sulfide) groups is 1. The zero-order valence-corrected chi connectivity index (χ0v) is 22.9. The number of carbonyl (C=O) groups excluding carboxylic acids is 1. The van der Waals surface area contributed by atoms with E-state index in [1.165, 1.54) is 22.2 Å². The number of carbonyl (C=O) groups is 1. The number of aryl methyl sites for hydroxylation is 2. The number of para-hydroxylation sites is 2. The van der Waals surface area contributed by atoms with Crippen LogP contribution < -0.4 is 10.5 Å². The molecule has 5 nitrogen and oxygen atoms in total. The zero-order valence-electron chi connectivity index (χ0n) is 20.4. The van der Waals surface area contributed by atoms with Crippen LogP contribution in [0.1, 0.15) is 22.4 Å². The monoisotopic (exact) mass is 553 g/mol. The number of aromatic nitrogens is 2. The minimum atomic E-state index is -0.0375. The molecule has 2 aliphatic rings. The van der Waals surface area contributed by atoms with Gasteiger partial charge in [0.25, 0.3) is 5.56 Å². The van der Waals surface area contributed by atoms with Gasteiger partial charge < -0.3 is 0 Å². The van der Waals surface area contributed by atoms with Gasteiger partial charge >= 0.3 is 0 Å². The fourth-order valence-electron chi connectivity index (χ4n) is 5.24. The SMILES string of the molecule is O=C(CSc1nc2sc3c(c2c(=O)n1Cc1ccccc1)CCC3)N1c2ccccc2Sc2ccccc21. The van der Waals surface area contributed by atoms with E-state index in [2.05, 4.69) is 0 Å². The van der Waals surface area contributed by atoms with Crippen LogP contribution in [0.2, 0.25) is 0 Å². The smallest absolute Gasteiger partial charge is 0.263 e. The lowest BCUT2D eigenvalue weighted by atomic mass is 10.2. The molecule has 0 saturated carbocycles. The molecule has 5 aromatic rings. The first-order chi connectivity index (χ1) is 18.7. The molecule has 2 aromatic heterocycles. The van der Waals surface area contributed by atoms with Gasteiger partial charge in [0, 0.05) is 14.7 Å². The number of hydrogen-bond acceptors (Lipinski definition) is 6. The van der Waals surface area contributed by atoms with E-state index < -0.39 is 0 Å². The van der Waals surface area contributed by atoms with Crippen LogP contribution in [-0.4, -0.2) is 21.2 Å². The molecule has 1 aliphatic heterocycles. The Bertz CT molecular complexity index is 1710. The summed E-state index contributed by atoms with van der Waals surface area (Å²) in [5.74, 6) is 0.134. The summed E-state index contributed by atoms with van der Waals surface area (Å²) in [5.41, 5.74) is 3.99. The summed E-state index contributed by atoms with van der Waals surface area (Å²) in [4.78, 5) is 38.6. The predicted octanol–water partition coefficient (Wildman–Crippen LogP) is 6.92. The lowest BCUT2D eigenvalue weighted by Crippen LogP contribution is -2.30. The molecule has 0 bridgehead atoms. The summed E-state index contributed by atoms with van der Waals surface area (Å²) < 4.78 is 1.76. The second-order valence-corrected chi connectivity index (χ2v) is 12.5. The number of anilines is 2. The highest BCUT2D eigenvalue weighted by atomic mass is 32.2. The Hall–Kier alpha value is -3.33. The minimum absolute atomic E-state index is 0.00161. The third-order valence-corrected chi connectivity index (χ3v) is 10.3. The molecule has 0 spiro atoms. The Balaban J connectivity index is 1.26. The molecule has 188 valence electrons. The predicted molar refractivity (Wildman–Crippen MR) is 156 cm³/mol. The highest BCUT2D eigenvalue weighted by Crippen LogP contribution is 2.48. The number of fused-ring (bicyclic) bond motifs is 5. The molecule has 0 unspecified atom stereocenters. The summed E-state index contributed by atoms with van der Waals surface area (Å²) in [5, 5.41) is 1.36. The van der Waals surface area contributed by atoms with Gasteiger partial charge in [0.1, 0.15) is 4.83 Å². The first kappa shape index (κ1) is 23.8. The topological polar surface area (TPSA) is 55.2 Å². The minimum Gasteiger partial charge on any atom is -0.283 e. The van der Waals surface area contributed by atoms with Gasteiger partial charge in [0.2, 0.25) is 5.91 Å². The molecule has 3 heterocycles. The van der Waals surface area contributed by atoms with Gasteiger partial charge in [-0.3, -0.25) is 19.1 Å². The first-order valence-corrected chi connectivity index (χ1v) is 15.2. The molecule has 0 saturated heterocycles. The van der Waals surface area contributed by atoms with Crippen molar-refractivity contribution in [2.75, 3.05) is 10.7 Å². The molecule has 0 radical (unpaired) electrons. The molecule has 7 rings (SSSR count). The van der Waals surface area contributed by atoms with Crippen molar-refractivity contribution >= 4 is 62.4 Å². The van der Waals surface area contributed by atoms with Crippen molar-refractivity contribution in [2.24, 2.45) is 0 Å². The maximum Gasteiger partial charge on any atom is 0.263 e. The van der Waals surface area contributed by atoms with Crippen molar-refractivity contribution in [3.63, 3.8) is 0 Å².